The molecule has 2 aromatic carbocycles. The second-order valence-corrected chi connectivity index (χ2v) is 6.46. The molecule has 3 rings (SSSR count). The number of guanidine groups is 1. The van der Waals surface area contributed by atoms with E-state index in [9.17, 15) is 4.39 Å². The Balaban J connectivity index is 0.00000300. The molecule has 154 valence electrons. The molecule has 3 aromatic rings. The summed E-state index contributed by atoms with van der Waals surface area (Å²) in [6.07, 6.45) is 0.684. The van der Waals surface area contributed by atoms with Crippen LogP contribution in [0.4, 0.5) is 4.39 Å². The van der Waals surface area contributed by atoms with E-state index in [1.54, 1.807) is 18.2 Å². The van der Waals surface area contributed by atoms with E-state index in [1.165, 1.54) is 12.1 Å². The Morgan fingerprint density at radius 1 is 1.17 bits per heavy atom. The maximum absolute atomic E-state index is 13.2. The van der Waals surface area contributed by atoms with Crippen molar-refractivity contribution >= 4 is 41.5 Å². The van der Waals surface area contributed by atoms with E-state index in [0.717, 1.165) is 11.1 Å². The summed E-state index contributed by atoms with van der Waals surface area (Å²) in [5, 5.41) is 11.0. The predicted octanol–water partition coefficient (Wildman–Crippen LogP) is 4.44. The lowest BCUT2D eigenvalue weighted by molar-refractivity contribution is 0.380. The van der Waals surface area contributed by atoms with Gasteiger partial charge in [-0.25, -0.2) is 9.38 Å². The van der Waals surface area contributed by atoms with Gasteiger partial charge in [0.1, 0.15) is 12.4 Å². The van der Waals surface area contributed by atoms with Crippen LogP contribution in [0.2, 0.25) is 5.02 Å². The zero-order valence-corrected chi connectivity index (χ0v) is 18.9. The molecule has 0 aliphatic carbocycles. The SMILES string of the molecule is CCNC(=NCc1nc(-c2ccc(Cl)cc2)no1)NCCc1cccc(F)c1.I. The van der Waals surface area contributed by atoms with Gasteiger partial charge in [0.05, 0.1) is 0 Å². The first-order chi connectivity index (χ1) is 13.6. The van der Waals surface area contributed by atoms with Gasteiger partial charge in [-0.3, -0.25) is 0 Å². The molecular formula is C20H22ClFIN5O. The van der Waals surface area contributed by atoms with Gasteiger partial charge < -0.3 is 15.2 Å². The number of aliphatic imine (C=N–C) groups is 1. The van der Waals surface area contributed by atoms with Crippen LogP contribution in [0.3, 0.4) is 0 Å². The van der Waals surface area contributed by atoms with Gasteiger partial charge in [0.2, 0.25) is 11.7 Å². The van der Waals surface area contributed by atoms with E-state index in [0.29, 0.717) is 42.2 Å². The molecule has 0 unspecified atom stereocenters. The van der Waals surface area contributed by atoms with Gasteiger partial charge in [0, 0.05) is 23.7 Å². The number of halogens is 3. The average molecular weight is 530 g/mol. The van der Waals surface area contributed by atoms with E-state index in [4.69, 9.17) is 16.1 Å². The van der Waals surface area contributed by atoms with Crippen molar-refractivity contribution in [1.82, 2.24) is 20.8 Å². The van der Waals surface area contributed by atoms with Crippen molar-refractivity contribution in [2.45, 2.75) is 19.9 Å². The lowest BCUT2D eigenvalue weighted by Gasteiger charge is -2.10. The fourth-order valence-corrected chi connectivity index (χ4v) is 2.67. The molecule has 0 atom stereocenters. The standard InChI is InChI=1S/C20H21ClFN5O.HI/c1-2-23-20(24-11-10-14-4-3-5-17(22)12-14)25-13-18-26-19(27-28-18)15-6-8-16(21)9-7-15;/h3-9,12H,2,10-11,13H2,1H3,(H2,23,24,25);1H. The van der Waals surface area contributed by atoms with Crippen molar-refractivity contribution in [1.29, 1.82) is 0 Å². The summed E-state index contributed by atoms with van der Waals surface area (Å²) in [5.41, 5.74) is 1.75. The summed E-state index contributed by atoms with van der Waals surface area (Å²) in [4.78, 5) is 8.81. The van der Waals surface area contributed by atoms with Gasteiger partial charge in [-0.05, 0) is 55.3 Å². The summed E-state index contributed by atoms with van der Waals surface area (Å²) in [6.45, 7) is 3.56. The predicted molar refractivity (Wildman–Crippen MR) is 123 cm³/mol. The Morgan fingerprint density at radius 3 is 2.69 bits per heavy atom. The second-order valence-electron chi connectivity index (χ2n) is 6.02. The fourth-order valence-electron chi connectivity index (χ4n) is 2.54. The molecule has 0 radical (unpaired) electrons. The zero-order chi connectivity index (χ0) is 19.8. The van der Waals surface area contributed by atoms with E-state index < -0.39 is 0 Å². The minimum Gasteiger partial charge on any atom is -0.357 e. The molecule has 29 heavy (non-hydrogen) atoms. The third-order valence-electron chi connectivity index (χ3n) is 3.88. The Hall–Kier alpha value is -2.20. The monoisotopic (exact) mass is 529 g/mol. The highest BCUT2D eigenvalue weighted by Crippen LogP contribution is 2.18. The normalized spacial score (nSPS) is 11.1. The minimum atomic E-state index is -0.231. The quantitative estimate of drug-likeness (QED) is 0.269. The second kappa shape index (κ2) is 11.7. The third kappa shape index (κ3) is 7.28. The van der Waals surface area contributed by atoms with Crippen LogP contribution in [0, 0.1) is 5.82 Å². The molecule has 0 saturated heterocycles. The number of benzene rings is 2. The Bertz CT molecular complexity index is 933. The Morgan fingerprint density at radius 2 is 1.97 bits per heavy atom. The van der Waals surface area contributed by atoms with Crippen molar-refractivity contribution in [3.63, 3.8) is 0 Å². The number of hydrogen-bond donors (Lipinski definition) is 2. The van der Waals surface area contributed by atoms with Gasteiger partial charge in [0.25, 0.3) is 0 Å². The number of hydrogen-bond acceptors (Lipinski definition) is 4. The van der Waals surface area contributed by atoms with Crippen LogP contribution in [-0.2, 0) is 13.0 Å². The molecule has 9 heteroatoms. The molecule has 1 heterocycles. The molecule has 0 aliphatic rings. The third-order valence-corrected chi connectivity index (χ3v) is 4.13. The largest absolute Gasteiger partial charge is 0.357 e. The van der Waals surface area contributed by atoms with Crippen LogP contribution < -0.4 is 10.6 Å². The molecule has 1 aromatic heterocycles. The molecule has 0 bridgehead atoms. The van der Waals surface area contributed by atoms with Crippen molar-refractivity contribution in [3.05, 3.63) is 70.8 Å². The molecule has 6 nitrogen and oxygen atoms in total. The first-order valence-electron chi connectivity index (χ1n) is 8.99. The highest BCUT2D eigenvalue weighted by Gasteiger charge is 2.08. The van der Waals surface area contributed by atoms with E-state index in [2.05, 4.69) is 25.8 Å². The molecule has 0 fully saturated rings. The molecule has 0 saturated carbocycles. The van der Waals surface area contributed by atoms with Crippen LogP contribution >= 0.6 is 35.6 Å². The summed E-state index contributed by atoms with van der Waals surface area (Å²) in [7, 11) is 0. The smallest absolute Gasteiger partial charge is 0.248 e. The van der Waals surface area contributed by atoms with Crippen LogP contribution in [0.15, 0.2) is 58.0 Å². The topological polar surface area (TPSA) is 75.3 Å². The van der Waals surface area contributed by atoms with Crippen molar-refractivity contribution in [3.8, 4) is 11.4 Å². The summed E-state index contributed by atoms with van der Waals surface area (Å²) in [6, 6.07) is 13.8. The summed E-state index contributed by atoms with van der Waals surface area (Å²) < 4.78 is 18.5. The van der Waals surface area contributed by atoms with Crippen molar-refractivity contribution < 1.29 is 8.91 Å². The van der Waals surface area contributed by atoms with Gasteiger partial charge in [-0.15, -0.1) is 24.0 Å². The zero-order valence-electron chi connectivity index (χ0n) is 15.9. The van der Waals surface area contributed by atoms with E-state index >= 15 is 0 Å². The van der Waals surface area contributed by atoms with Crippen LogP contribution in [0.5, 0.6) is 0 Å². The first kappa shape index (κ1) is 23.1. The molecular weight excluding hydrogens is 508 g/mol. The lowest BCUT2D eigenvalue weighted by Crippen LogP contribution is -2.38. The van der Waals surface area contributed by atoms with Gasteiger partial charge in [-0.1, -0.05) is 28.9 Å². The molecule has 0 aliphatic heterocycles. The molecule has 0 spiro atoms. The van der Waals surface area contributed by atoms with E-state index in [1.807, 2.05) is 25.1 Å². The van der Waals surface area contributed by atoms with Crippen molar-refractivity contribution in [2.75, 3.05) is 13.1 Å². The molecule has 2 N–H and O–H groups in total. The maximum atomic E-state index is 13.2. The summed E-state index contributed by atoms with van der Waals surface area (Å²) >= 11 is 5.89. The van der Waals surface area contributed by atoms with Gasteiger partial charge >= 0.3 is 0 Å². The number of nitrogens with zero attached hydrogens (tertiary/aromatic N) is 3. The minimum absolute atomic E-state index is 0. The number of rotatable bonds is 7. The van der Waals surface area contributed by atoms with Gasteiger partial charge in [-0.2, -0.15) is 4.98 Å². The maximum Gasteiger partial charge on any atom is 0.248 e. The van der Waals surface area contributed by atoms with Gasteiger partial charge in [0.15, 0.2) is 5.96 Å². The number of aromatic nitrogens is 2. The van der Waals surface area contributed by atoms with E-state index in [-0.39, 0.29) is 36.3 Å². The average Bonchev–Trinajstić information content (AvgIpc) is 3.16. The van der Waals surface area contributed by atoms with Crippen LogP contribution in [0.1, 0.15) is 18.4 Å². The Kier molecular flexibility index (Phi) is 9.33. The van der Waals surface area contributed by atoms with Crippen LogP contribution in [0.25, 0.3) is 11.4 Å². The lowest BCUT2D eigenvalue weighted by atomic mass is 10.1. The molecule has 0 amide bonds. The number of nitrogens with one attached hydrogen (secondary N) is 2. The summed E-state index contributed by atoms with van der Waals surface area (Å²) in [5.74, 6) is 1.30. The Labute approximate surface area is 191 Å². The van der Waals surface area contributed by atoms with Crippen molar-refractivity contribution in [2.24, 2.45) is 4.99 Å². The first-order valence-corrected chi connectivity index (χ1v) is 9.37. The van der Waals surface area contributed by atoms with Crippen LogP contribution in [-0.4, -0.2) is 29.2 Å². The fraction of sp³-hybridized carbons (Fsp3) is 0.250. The highest BCUT2D eigenvalue weighted by atomic mass is 127. The highest BCUT2D eigenvalue weighted by molar-refractivity contribution is 14.0.